The third-order valence-corrected chi connectivity index (χ3v) is 5.31. The van der Waals surface area contributed by atoms with Crippen molar-refractivity contribution >= 4 is 34.9 Å². The molecule has 2 aromatic rings. The van der Waals surface area contributed by atoms with Crippen LogP contribution in [-0.4, -0.2) is 30.9 Å². The SMILES string of the molecule is O=C(CC1C=CCC1)Nc1ccccc1NC(=O)c1ccc(N2CCNC2=O)cc1. The predicted octanol–water partition coefficient (Wildman–Crippen LogP) is 3.76. The molecule has 30 heavy (non-hydrogen) atoms. The molecule has 4 amide bonds. The molecule has 1 aliphatic carbocycles. The number of carbonyl (C=O) groups excluding carboxylic acids is 3. The van der Waals surface area contributed by atoms with Gasteiger partial charge in [-0.3, -0.25) is 14.5 Å². The molecule has 2 aromatic carbocycles. The monoisotopic (exact) mass is 404 g/mol. The lowest BCUT2D eigenvalue weighted by Crippen LogP contribution is -2.27. The van der Waals surface area contributed by atoms with E-state index in [1.807, 2.05) is 6.07 Å². The highest BCUT2D eigenvalue weighted by molar-refractivity contribution is 6.07. The average Bonchev–Trinajstić information content (AvgIpc) is 3.41. The van der Waals surface area contributed by atoms with Crippen molar-refractivity contribution in [1.29, 1.82) is 0 Å². The number of anilines is 3. The topological polar surface area (TPSA) is 90.5 Å². The first-order valence-electron chi connectivity index (χ1n) is 10.1. The number of carbonyl (C=O) groups is 3. The molecule has 1 fully saturated rings. The van der Waals surface area contributed by atoms with Gasteiger partial charge < -0.3 is 16.0 Å². The number of hydrogen-bond donors (Lipinski definition) is 3. The molecule has 154 valence electrons. The average molecular weight is 404 g/mol. The lowest BCUT2D eigenvalue weighted by atomic mass is 10.0. The van der Waals surface area contributed by atoms with Crippen LogP contribution in [0.5, 0.6) is 0 Å². The molecule has 7 heteroatoms. The zero-order valence-electron chi connectivity index (χ0n) is 16.6. The van der Waals surface area contributed by atoms with Crippen LogP contribution in [0.2, 0.25) is 0 Å². The maximum atomic E-state index is 12.7. The second kappa shape index (κ2) is 8.82. The van der Waals surface area contributed by atoms with Crippen LogP contribution in [0, 0.1) is 5.92 Å². The molecule has 1 heterocycles. The Bertz CT molecular complexity index is 984. The summed E-state index contributed by atoms with van der Waals surface area (Å²) in [5.41, 5.74) is 2.33. The van der Waals surface area contributed by atoms with Crippen molar-refractivity contribution in [3.05, 3.63) is 66.2 Å². The van der Waals surface area contributed by atoms with E-state index in [0.29, 0.717) is 36.4 Å². The van der Waals surface area contributed by atoms with Gasteiger partial charge in [0.2, 0.25) is 5.91 Å². The van der Waals surface area contributed by atoms with E-state index in [2.05, 4.69) is 28.1 Å². The Balaban J connectivity index is 1.41. The minimum atomic E-state index is -0.284. The van der Waals surface area contributed by atoms with Crippen LogP contribution in [0.15, 0.2) is 60.7 Å². The first-order valence-corrected chi connectivity index (χ1v) is 10.1. The van der Waals surface area contributed by atoms with Gasteiger partial charge in [0, 0.05) is 30.8 Å². The van der Waals surface area contributed by atoms with E-state index < -0.39 is 0 Å². The molecule has 0 spiro atoms. The van der Waals surface area contributed by atoms with Crippen molar-refractivity contribution in [1.82, 2.24) is 5.32 Å². The number of hydrogen-bond acceptors (Lipinski definition) is 3. The largest absolute Gasteiger partial charge is 0.336 e. The van der Waals surface area contributed by atoms with Gasteiger partial charge in [-0.25, -0.2) is 4.79 Å². The van der Waals surface area contributed by atoms with Gasteiger partial charge in [-0.2, -0.15) is 0 Å². The Labute approximate surface area is 175 Å². The molecule has 0 aromatic heterocycles. The quantitative estimate of drug-likeness (QED) is 0.640. The van der Waals surface area contributed by atoms with Gasteiger partial charge in [0.15, 0.2) is 0 Å². The molecular formula is C23H24N4O3. The molecule has 4 rings (SSSR count). The van der Waals surface area contributed by atoms with Crippen molar-refractivity contribution in [3.8, 4) is 0 Å². The van der Waals surface area contributed by atoms with Crippen LogP contribution in [0.4, 0.5) is 21.9 Å². The smallest absolute Gasteiger partial charge is 0.321 e. The van der Waals surface area contributed by atoms with Gasteiger partial charge in [0.05, 0.1) is 11.4 Å². The minimum Gasteiger partial charge on any atom is -0.336 e. The third-order valence-electron chi connectivity index (χ3n) is 5.31. The molecule has 1 unspecified atom stereocenters. The molecule has 0 radical (unpaired) electrons. The van der Waals surface area contributed by atoms with Crippen LogP contribution >= 0.6 is 0 Å². The minimum absolute atomic E-state index is 0.0681. The summed E-state index contributed by atoms with van der Waals surface area (Å²) in [6.45, 7) is 1.22. The number of nitrogens with zero attached hydrogens (tertiary/aromatic N) is 1. The molecule has 1 aliphatic heterocycles. The zero-order chi connectivity index (χ0) is 20.9. The first-order chi connectivity index (χ1) is 14.6. The first kappa shape index (κ1) is 19.7. The lowest BCUT2D eigenvalue weighted by molar-refractivity contribution is -0.116. The number of amides is 4. The second-order valence-electron chi connectivity index (χ2n) is 7.45. The van der Waals surface area contributed by atoms with E-state index in [9.17, 15) is 14.4 Å². The highest BCUT2D eigenvalue weighted by Gasteiger charge is 2.21. The Morgan fingerprint density at radius 2 is 1.77 bits per heavy atom. The number of benzene rings is 2. The number of para-hydroxylation sites is 2. The highest BCUT2D eigenvalue weighted by atomic mass is 16.2. The molecule has 1 saturated heterocycles. The van der Waals surface area contributed by atoms with E-state index in [1.165, 1.54) is 0 Å². The van der Waals surface area contributed by atoms with Crippen LogP contribution in [0.25, 0.3) is 0 Å². The summed E-state index contributed by atoms with van der Waals surface area (Å²) in [6.07, 6.45) is 6.65. The number of allylic oxidation sites excluding steroid dienone is 2. The van der Waals surface area contributed by atoms with Gasteiger partial charge in [0.25, 0.3) is 5.91 Å². The fraction of sp³-hybridized carbons (Fsp3) is 0.261. The van der Waals surface area contributed by atoms with Crippen LogP contribution in [-0.2, 0) is 4.79 Å². The molecule has 1 atom stereocenters. The fourth-order valence-electron chi connectivity index (χ4n) is 3.71. The maximum absolute atomic E-state index is 12.7. The molecule has 3 N–H and O–H groups in total. The molecular weight excluding hydrogens is 380 g/mol. The van der Waals surface area contributed by atoms with Gasteiger partial charge in [-0.05, 0) is 55.2 Å². The molecule has 7 nitrogen and oxygen atoms in total. The lowest BCUT2D eigenvalue weighted by Gasteiger charge is -2.15. The standard InChI is InChI=1S/C23H24N4O3/c28-21(15-16-5-1-2-6-16)25-19-7-3-4-8-20(19)26-22(29)17-9-11-18(12-10-17)27-14-13-24-23(27)30/h1,3-5,7-12,16H,2,6,13-15H2,(H,24,30)(H,25,28)(H,26,29). The van der Waals surface area contributed by atoms with E-state index in [1.54, 1.807) is 47.4 Å². The van der Waals surface area contributed by atoms with Gasteiger partial charge in [0.1, 0.15) is 0 Å². The highest BCUT2D eigenvalue weighted by Crippen LogP contribution is 2.25. The summed E-state index contributed by atoms with van der Waals surface area (Å²) in [5, 5.41) is 8.52. The Hall–Kier alpha value is -3.61. The number of urea groups is 1. The third kappa shape index (κ3) is 4.51. The van der Waals surface area contributed by atoms with E-state index >= 15 is 0 Å². The van der Waals surface area contributed by atoms with Crippen LogP contribution < -0.4 is 20.9 Å². The summed E-state index contributed by atoms with van der Waals surface area (Å²) in [6, 6.07) is 13.9. The van der Waals surface area contributed by atoms with Crippen LogP contribution in [0.1, 0.15) is 29.6 Å². The Morgan fingerprint density at radius 1 is 1.03 bits per heavy atom. The van der Waals surface area contributed by atoms with E-state index in [0.717, 1.165) is 18.5 Å². The van der Waals surface area contributed by atoms with Crippen molar-refractivity contribution in [2.45, 2.75) is 19.3 Å². The summed E-state index contributed by atoms with van der Waals surface area (Å²) < 4.78 is 0. The fourth-order valence-corrected chi connectivity index (χ4v) is 3.71. The van der Waals surface area contributed by atoms with Crippen LogP contribution in [0.3, 0.4) is 0 Å². The summed E-state index contributed by atoms with van der Waals surface area (Å²) >= 11 is 0. The molecule has 2 aliphatic rings. The van der Waals surface area contributed by atoms with Crippen molar-refractivity contribution < 1.29 is 14.4 Å². The normalized spacial score (nSPS) is 17.7. The Kier molecular flexibility index (Phi) is 5.79. The van der Waals surface area contributed by atoms with Crippen molar-refractivity contribution in [2.75, 3.05) is 28.6 Å². The van der Waals surface area contributed by atoms with Crippen molar-refractivity contribution in [3.63, 3.8) is 0 Å². The van der Waals surface area contributed by atoms with E-state index in [4.69, 9.17) is 0 Å². The predicted molar refractivity (Wildman–Crippen MR) is 117 cm³/mol. The van der Waals surface area contributed by atoms with Crippen molar-refractivity contribution in [2.24, 2.45) is 5.92 Å². The zero-order valence-corrected chi connectivity index (χ0v) is 16.6. The summed E-state index contributed by atoms with van der Waals surface area (Å²) in [4.78, 5) is 38.5. The van der Waals surface area contributed by atoms with Gasteiger partial charge >= 0.3 is 6.03 Å². The summed E-state index contributed by atoms with van der Waals surface area (Å²) in [5.74, 6) is -0.0719. The van der Waals surface area contributed by atoms with E-state index in [-0.39, 0.29) is 23.8 Å². The molecule has 0 bridgehead atoms. The summed E-state index contributed by atoms with van der Waals surface area (Å²) in [7, 11) is 0. The van der Waals surface area contributed by atoms with Gasteiger partial charge in [-0.15, -0.1) is 0 Å². The second-order valence-corrected chi connectivity index (χ2v) is 7.45. The molecule has 0 saturated carbocycles. The number of rotatable bonds is 6. The maximum Gasteiger partial charge on any atom is 0.321 e. The number of nitrogens with one attached hydrogen (secondary N) is 3. The Morgan fingerprint density at radius 3 is 2.40 bits per heavy atom. The van der Waals surface area contributed by atoms with Gasteiger partial charge in [-0.1, -0.05) is 24.3 Å².